The van der Waals surface area contributed by atoms with Crippen LogP contribution in [0.1, 0.15) is 32.7 Å². The summed E-state index contributed by atoms with van der Waals surface area (Å²) in [5.41, 5.74) is 6.07. The summed E-state index contributed by atoms with van der Waals surface area (Å²) >= 11 is 0. The molecule has 3 aromatic rings. The highest BCUT2D eigenvalue weighted by atomic mass is 16.3. The molecule has 0 fully saturated rings. The van der Waals surface area contributed by atoms with E-state index in [-0.39, 0.29) is 16.9 Å². The minimum Gasteiger partial charge on any atom is -0.507 e. The van der Waals surface area contributed by atoms with Gasteiger partial charge in [-0.05, 0) is 56.2 Å². The zero-order chi connectivity index (χ0) is 19.6. The molecule has 0 radical (unpaired) electrons. The van der Waals surface area contributed by atoms with E-state index in [0.29, 0.717) is 11.3 Å². The van der Waals surface area contributed by atoms with Crippen LogP contribution < -0.4 is 11.0 Å². The largest absolute Gasteiger partial charge is 0.507 e. The minimum absolute atomic E-state index is 0.105. The number of benzene rings is 2. The fourth-order valence-electron chi connectivity index (χ4n) is 2.64. The van der Waals surface area contributed by atoms with Crippen molar-refractivity contribution in [2.75, 3.05) is 0 Å². The summed E-state index contributed by atoms with van der Waals surface area (Å²) in [7, 11) is 0. The SMILES string of the molecule is Cc1ccc(-n2[nH]c(C)c(/C=N\NC(=O)c3ccccc3O)c2=O)cc1C. The molecule has 0 saturated heterocycles. The summed E-state index contributed by atoms with van der Waals surface area (Å²) in [6, 6.07) is 11.9. The van der Waals surface area contributed by atoms with Gasteiger partial charge in [-0.3, -0.25) is 14.7 Å². The van der Waals surface area contributed by atoms with Crippen molar-refractivity contribution < 1.29 is 9.90 Å². The summed E-state index contributed by atoms with van der Waals surface area (Å²) in [6.45, 7) is 5.74. The number of carbonyl (C=O) groups excluding carboxylic acids is 1. The zero-order valence-corrected chi connectivity index (χ0v) is 15.3. The Morgan fingerprint density at radius 1 is 1.15 bits per heavy atom. The Labute approximate surface area is 156 Å². The van der Waals surface area contributed by atoms with E-state index in [1.165, 1.54) is 23.0 Å². The van der Waals surface area contributed by atoms with Crippen molar-refractivity contribution in [2.24, 2.45) is 5.10 Å². The summed E-state index contributed by atoms with van der Waals surface area (Å²) in [5.74, 6) is -0.702. The van der Waals surface area contributed by atoms with Crippen LogP contribution in [0.15, 0.2) is 52.4 Å². The van der Waals surface area contributed by atoms with Crippen LogP contribution >= 0.6 is 0 Å². The van der Waals surface area contributed by atoms with E-state index in [9.17, 15) is 14.7 Å². The smallest absolute Gasteiger partial charge is 0.280 e. The second-order valence-electron chi connectivity index (χ2n) is 6.28. The van der Waals surface area contributed by atoms with Crippen LogP contribution in [0.3, 0.4) is 0 Å². The Balaban J connectivity index is 1.84. The monoisotopic (exact) mass is 364 g/mol. The van der Waals surface area contributed by atoms with Crippen LogP contribution in [0.25, 0.3) is 5.69 Å². The maximum absolute atomic E-state index is 12.7. The molecule has 0 bridgehead atoms. The summed E-state index contributed by atoms with van der Waals surface area (Å²) < 4.78 is 1.44. The van der Waals surface area contributed by atoms with Gasteiger partial charge >= 0.3 is 0 Å². The van der Waals surface area contributed by atoms with E-state index in [1.807, 2.05) is 32.0 Å². The number of phenolic OH excluding ortho intramolecular Hbond substituents is 1. The van der Waals surface area contributed by atoms with Crippen molar-refractivity contribution in [1.82, 2.24) is 15.2 Å². The third-order valence-corrected chi connectivity index (χ3v) is 4.37. The second-order valence-corrected chi connectivity index (χ2v) is 6.28. The number of hydrazone groups is 1. The number of H-pyrrole nitrogens is 1. The standard InChI is InChI=1S/C20H20N4O3/c1-12-8-9-15(10-13(12)2)24-20(27)17(14(3)23-24)11-21-22-19(26)16-6-4-5-7-18(16)25/h4-11,23,25H,1-3H3,(H,22,26)/b21-11-. The van der Waals surface area contributed by atoms with Gasteiger partial charge in [-0.1, -0.05) is 18.2 Å². The molecule has 0 saturated carbocycles. The Kier molecular flexibility index (Phi) is 4.94. The minimum atomic E-state index is -0.563. The van der Waals surface area contributed by atoms with E-state index >= 15 is 0 Å². The van der Waals surface area contributed by atoms with Crippen molar-refractivity contribution in [3.63, 3.8) is 0 Å². The Morgan fingerprint density at radius 3 is 2.59 bits per heavy atom. The Hall–Kier alpha value is -3.61. The maximum atomic E-state index is 12.7. The van der Waals surface area contributed by atoms with Crippen molar-refractivity contribution in [3.8, 4) is 11.4 Å². The van der Waals surface area contributed by atoms with Gasteiger partial charge in [0.2, 0.25) is 0 Å². The highest BCUT2D eigenvalue weighted by Crippen LogP contribution is 2.15. The lowest BCUT2D eigenvalue weighted by Gasteiger charge is -2.05. The first kappa shape index (κ1) is 18.2. The van der Waals surface area contributed by atoms with Crippen LogP contribution in [0.5, 0.6) is 5.75 Å². The predicted molar refractivity (Wildman–Crippen MR) is 104 cm³/mol. The van der Waals surface area contributed by atoms with E-state index in [4.69, 9.17) is 0 Å². The molecule has 0 aliphatic carbocycles. The first-order chi connectivity index (χ1) is 12.9. The zero-order valence-electron chi connectivity index (χ0n) is 15.3. The van der Waals surface area contributed by atoms with Crippen LogP contribution in [-0.2, 0) is 0 Å². The summed E-state index contributed by atoms with van der Waals surface area (Å²) in [5, 5.41) is 16.6. The number of aromatic amines is 1. The first-order valence-corrected chi connectivity index (χ1v) is 8.39. The molecule has 2 aromatic carbocycles. The van der Waals surface area contributed by atoms with Crippen molar-refractivity contribution in [1.29, 1.82) is 0 Å². The van der Waals surface area contributed by atoms with Crippen molar-refractivity contribution in [3.05, 3.63) is 80.8 Å². The van der Waals surface area contributed by atoms with Gasteiger partial charge in [0.15, 0.2) is 0 Å². The predicted octanol–water partition coefficient (Wildman–Crippen LogP) is 2.56. The molecule has 7 nitrogen and oxygen atoms in total. The van der Waals surface area contributed by atoms with Crippen LogP contribution in [0, 0.1) is 20.8 Å². The number of aromatic nitrogens is 2. The van der Waals surface area contributed by atoms with Crippen LogP contribution in [0.2, 0.25) is 0 Å². The topological polar surface area (TPSA) is 99.5 Å². The van der Waals surface area contributed by atoms with Gasteiger partial charge in [0.25, 0.3) is 11.5 Å². The van der Waals surface area contributed by atoms with Gasteiger partial charge in [-0.25, -0.2) is 10.1 Å². The first-order valence-electron chi connectivity index (χ1n) is 8.39. The lowest BCUT2D eigenvalue weighted by atomic mass is 10.1. The molecular formula is C20H20N4O3. The maximum Gasteiger partial charge on any atom is 0.280 e. The van der Waals surface area contributed by atoms with Gasteiger partial charge < -0.3 is 5.11 Å². The van der Waals surface area contributed by atoms with Crippen LogP contribution in [0.4, 0.5) is 0 Å². The Morgan fingerprint density at radius 2 is 1.89 bits per heavy atom. The average molecular weight is 364 g/mol. The third kappa shape index (κ3) is 3.67. The molecule has 138 valence electrons. The number of hydrogen-bond acceptors (Lipinski definition) is 4. The number of carbonyl (C=O) groups is 1. The highest BCUT2D eigenvalue weighted by Gasteiger charge is 2.12. The number of nitrogens with one attached hydrogen (secondary N) is 2. The van der Waals surface area contributed by atoms with Gasteiger partial charge in [0.1, 0.15) is 5.75 Å². The van der Waals surface area contributed by atoms with E-state index < -0.39 is 5.91 Å². The quantitative estimate of drug-likeness (QED) is 0.490. The van der Waals surface area contributed by atoms with Crippen molar-refractivity contribution >= 4 is 12.1 Å². The molecule has 1 aromatic heterocycles. The number of rotatable bonds is 4. The Bertz CT molecular complexity index is 1090. The lowest BCUT2D eigenvalue weighted by Crippen LogP contribution is -2.20. The lowest BCUT2D eigenvalue weighted by molar-refractivity contribution is 0.0952. The average Bonchev–Trinajstić information content (AvgIpc) is 2.92. The molecular weight excluding hydrogens is 344 g/mol. The fraction of sp³-hybridized carbons (Fsp3) is 0.150. The molecule has 1 heterocycles. The van der Waals surface area contributed by atoms with E-state index in [1.54, 1.807) is 19.1 Å². The second kappa shape index (κ2) is 7.33. The van der Waals surface area contributed by atoms with E-state index in [0.717, 1.165) is 16.8 Å². The molecule has 7 heteroatoms. The van der Waals surface area contributed by atoms with Crippen molar-refractivity contribution in [2.45, 2.75) is 20.8 Å². The summed E-state index contributed by atoms with van der Waals surface area (Å²) in [4.78, 5) is 24.7. The normalized spacial score (nSPS) is 11.1. The molecule has 3 N–H and O–H groups in total. The van der Waals surface area contributed by atoms with Gasteiger partial charge in [-0.15, -0.1) is 0 Å². The van der Waals surface area contributed by atoms with Gasteiger partial charge in [0, 0.05) is 5.69 Å². The molecule has 0 unspecified atom stereocenters. The molecule has 0 aliphatic heterocycles. The number of para-hydroxylation sites is 1. The number of aryl methyl sites for hydroxylation is 3. The number of phenols is 1. The van der Waals surface area contributed by atoms with Gasteiger partial charge in [0.05, 0.1) is 23.0 Å². The molecule has 3 rings (SSSR count). The third-order valence-electron chi connectivity index (χ3n) is 4.37. The summed E-state index contributed by atoms with van der Waals surface area (Å²) in [6.07, 6.45) is 1.30. The van der Waals surface area contributed by atoms with Gasteiger partial charge in [-0.2, -0.15) is 5.10 Å². The molecule has 27 heavy (non-hydrogen) atoms. The molecule has 0 spiro atoms. The fourth-order valence-corrected chi connectivity index (χ4v) is 2.64. The number of amides is 1. The van der Waals surface area contributed by atoms with Crippen LogP contribution in [-0.4, -0.2) is 27.0 Å². The molecule has 1 amide bonds. The highest BCUT2D eigenvalue weighted by molar-refractivity contribution is 5.97. The molecule has 0 atom stereocenters. The molecule has 0 aliphatic rings. The number of hydrogen-bond donors (Lipinski definition) is 3. The van der Waals surface area contributed by atoms with E-state index in [2.05, 4.69) is 15.6 Å². The number of nitrogens with zero attached hydrogens (tertiary/aromatic N) is 2. The number of aromatic hydroxyl groups is 1.